The Labute approximate surface area is 142 Å². The molecule has 132 valence electrons. The number of carbonyl (C=O) groups is 2. The summed E-state index contributed by atoms with van der Waals surface area (Å²) < 4.78 is 10.9. The summed E-state index contributed by atoms with van der Waals surface area (Å²) in [6.07, 6.45) is 1.76. The lowest BCUT2D eigenvalue weighted by molar-refractivity contribution is -0.158. The van der Waals surface area contributed by atoms with Gasteiger partial charge in [-0.2, -0.15) is 0 Å². The summed E-state index contributed by atoms with van der Waals surface area (Å²) in [5, 5.41) is 9.15. The SMILES string of the molecule is Cc1ccc(C)c(OCCCCC(=O)N2CCOCC2C(=O)O)c1. The van der Waals surface area contributed by atoms with Gasteiger partial charge in [0.1, 0.15) is 5.75 Å². The van der Waals surface area contributed by atoms with E-state index >= 15 is 0 Å². The molecule has 1 saturated heterocycles. The molecule has 6 nitrogen and oxygen atoms in total. The van der Waals surface area contributed by atoms with Gasteiger partial charge in [-0.3, -0.25) is 4.79 Å². The Morgan fingerprint density at radius 2 is 2.12 bits per heavy atom. The molecular weight excluding hydrogens is 310 g/mol. The van der Waals surface area contributed by atoms with Crippen LogP contribution in [0.3, 0.4) is 0 Å². The first-order valence-corrected chi connectivity index (χ1v) is 8.29. The first kappa shape index (κ1) is 18.3. The predicted molar refractivity (Wildman–Crippen MR) is 89.2 cm³/mol. The molecule has 1 unspecified atom stereocenters. The molecule has 1 N–H and O–H groups in total. The average Bonchev–Trinajstić information content (AvgIpc) is 2.57. The fourth-order valence-electron chi connectivity index (χ4n) is 2.67. The molecule has 1 aromatic rings. The van der Waals surface area contributed by atoms with Crippen molar-refractivity contribution in [2.24, 2.45) is 0 Å². The van der Waals surface area contributed by atoms with Crippen LogP contribution in [0.25, 0.3) is 0 Å². The number of carboxylic acids is 1. The fraction of sp³-hybridized carbons (Fsp3) is 0.556. The van der Waals surface area contributed by atoms with E-state index in [-0.39, 0.29) is 12.5 Å². The number of hydrogen-bond donors (Lipinski definition) is 1. The van der Waals surface area contributed by atoms with Crippen LogP contribution in [0, 0.1) is 13.8 Å². The Morgan fingerprint density at radius 1 is 1.33 bits per heavy atom. The van der Waals surface area contributed by atoms with Crippen molar-refractivity contribution in [3.8, 4) is 5.75 Å². The third kappa shape index (κ3) is 4.96. The maximum Gasteiger partial charge on any atom is 0.328 e. The van der Waals surface area contributed by atoms with E-state index in [2.05, 4.69) is 0 Å². The third-order valence-corrected chi connectivity index (χ3v) is 4.12. The van der Waals surface area contributed by atoms with Crippen molar-refractivity contribution >= 4 is 11.9 Å². The molecule has 1 aliphatic heterocycles. The number of rotatable bonds is 7. The number of benzene rings is 1. The quantitative estimate of drug-likeness (QED) is 0.773. The molecule has 0 aromatic heterocycles. The van der Waals surface area contributed by atoms with Gasteiger partial charge in [-0.25, -0.2) is 4.79 Å². The van der Waals surface area contributed by atoms with Gasteiger partial charge in [-0.1, -0.05) is 12.1 Å². The fourth-order valence-corrected chi connectivity index (χ4v) is 2.67. The van der Waals surface area contributed by atoms with Crippen LogP contribution in [0.15, 0.2) is 18.2 Å². The van der Waals surface area contributed by atoms with Crippen molar-refractivity contribution in [2.45, 2.75) is 39.2 Å². The maximum absolute atomic E-state index is 12.2. The van der Waals surface area contributed by atoms with Crippen molar-refractivity contribution in [2.75, 3.05) is 26.4 Å². The van der Waals surface area contributed by atoms with Gasteiger partial charge in [0.2, 0.25) is 5.91 Å². The summed E-state index contributed by atoms with van der Waals surface area (Å²) in [5.41, 5.74) is 2.24. The van der Waals surface area contributed by atoms with E-state index in [1.807, 2.05) is 32.0 Å². The number of morpholine rings is 1. The summed E-state index contributed by atoms with van der Waals surface area (Å²) in [4.78, 5) is 24.8. The minimum Gasteiger partial charge on any atom is -0.493 e. The molecule has 6 heteroatoms. The minimum atomic E-state index is -1.01. The zero-order chi connectivity index (χ0) is 17.5. The van der Waals surface area contributed by atoms with Crippen LogP contribution in [0.4, 0.5) is 0 Å². The van der Waals surface area contributed by atoms with Crippen LogP contribution in [0.1, 0.15) is 30.4 Å². The number of amides is 1. The average molecular weight is 335 g/mol. The van der Waals surface area contributed by atoms with Crippen molar-refractivity contribution in [3.63, 3.8) is 0 Å². The highest BCUT2D eigenvalue weighted by molar-refractivity contribution is 5.83. The van der Waals surface area contributed by atoms with Crippen LogP contribution < -0.4 is 4.74 Å². The summed E-state index contributed by atoms with van der Waals surface area (Å²) in [7, 11) is 0. The van der Waals surface area contributed by atoms with E-state index in [1.165, 1.54) is 4.90 Å². The second kappa shape index (κ2) is 8.68. The van der Waals surface area contributed by atoms with E-state index in [1.54, 1.807) is 0 Å². The normalized spacial score (nSPS) is 17.6. The highest BCUT2D eigenvalue weighted by atomic mass is 16.5. The standard InChI is InChI=1S/C18H25NO5/c1-13-6-7-14(2)16(11-13)24-9-4-3-5-17(20)19-8-10-23-12-15(19)18(21)22/h6-7,11,15H,3-5,8-10,12H2,1-2H3,(H,21,22). The largest absolute Gasteiger partial charge is 0.493 e. The smallest absolute Gasteiger partial charge is 0.328 e. The van der Waals surface area contributed by atoms with Gasteiger partial charge in [0.25, 0.3) is 0 Å². The monoisotopic (exact) mass is 335 g/mol. The third-order valence-electron chi connectivity index (χ3n) is 4.12. The lowest BCUT2D eigenvalue weighted by Crippen LogP contribution is -2.52. The van der Waals surface area contributed by atoms with Gasteiger partial charge < -0.3 is 19.5 Å². The molecule has 1 fully saturated rings. The molecule has 1 amide bonds. The van der Waals surface area contributed by atoms with E-state index in [4.69, 9.17) is 14.6 Å². The van der Waals surface area contributed by atoms with Crippen LogP contribution >= 0.6 is 0 Å². The molecule has 0 aliphatic carbocycles. The Morgan fingerprint density at radius 3 is 2.88 bits per heavy atom. The van der Waals surface area contributed by atoms with Crippen LogP contribution in [0.5, 0.6) is 5.75 Å². The topological polar surface area (TPSA) is 76.1 Å². The molecule has 1 atom stereocenters. The second-order valence-corrected chi connectivity index (χ2v) is 6.09. The van der Waals surface area contributed by atoms with Crippen LogP contribution in [-0.2, 0) is 14.3 Å². The Bertz CT molecular complexity index is 587. The Balaban J connectivity index is 1.72. The van der Waals surface area contributed by atoms with Crippen molar-refractivity contribution in [3.05, 3.63) is 29.3 Å². The Hall–Kier alpha value is -2.08. The summed E-state index contributed by atoms with van der Waals surface area (Å²) in [6.45, 7) is 5.37. The van der Waals surface area contributed by atoms with Crippen molar-refractivity contribution in [1.82, 2.24) is 4.90 Å². The number of aliphatic carboxylic acids is 1. The molecule has 1 aliphatic rings. The van der Waals surface area contributed by atoms with E-state index in [9.17, 15) is 9.59 Å². The van der Waals surface area contributed by atoms with Gasteiger partial charge in [0, 0.05) is 13.0 Å². The van der Waals surface area contributed by atoms with Gasteiger partial charge in [-0.15, -0.1) is 0 Å². The lowest BCUT2D eigenvalue weighted by Gasteiger charge is -2.32. The van der Waals surface area contributed by atoms with Gasteiger partial charge >= 0.3 is 5.97 Å². The zero-order valence-corrected chi connectivity index (χ0v) is 14.3. The molecular formula is C18H25NO5. The van der Waals surface area contributed by atoms with Crippen LogP contribution in [0.2, 0.25) is 0 Å². The predicted octanol–water partition coefficient (Wildman–Crippen LogP) is 2.16. The number of aryl methyl sites for hydroxylation is 2. The molecule has 2 rings (SSSR count). The van der Waals surface area contributed by atoms with E-state index in [0.29, 0.717) is 32.6 Å². The first-order chi connectivity index (χ1) is 11.5. The molecule has 1 heterocycles. The highest BCUT2D eigenvalue weighted by Gasteiger charge is 2.32. The van der Waals surface area contributed by atoms with E-state index < -0.39 is 12.0 Å². The number of ether oxygens (including phenoxy) is 2. The van der Waals surface area contributed by atoms with Gasteiger partial charge in [0.15, 0.2) is 6.04 Å². The number of unbranched alkanes of at least 4 members (excludes halogenated alkanes) is 1. The molecule has 0 radical (unpaired) electrons. The van der Waals surface area contributed by atoms with Gasteiger partial charge in [0.05, 0.1) is 19.8 Å². The molecule has 24 heavy (non-hydrogen) atoms. The summed E-state index contributed by atoms with van der Waals surface area (Å²) in [6, 6.07) is 5.21. The van der Waals surface area contributed by atoms with Gasteiger partial charge in [-0.05, 0) is 43.9 Å². The number of nitrogens with zero attached hydrogens (tertiary/aromatic N) is 1. The summed E-state index contributed by atoms with van der Waals surface area (Å²) in [5.74, 6) is -0.265. The summed E-state index contributed by atoms with van der Waals surface area (Å²) >= 11 is 0. The number of carbonyl (C=O) groups excluding carboxylic acids is 1. The molecule has 0 bridgehead atoms. The van der Waals surface area contributed by atoms with Crippen molar-refractivity contribution < 1.29 is 24.2 Å². The molecule has 1 aromatic carbocycles. The van der Waals surface area contributed by atoms with Crippen molar-refractivity contribution in [1.29, 1.82) is 0 Å². The minimum absolute atomic E-state index is 0.0663. The number of carboxylic acid groups (broad SMARTS) is 1. The lowest BCUT2D eigenvalue weighted by atomic mass is 10.1. The Kier molecular flexibility index (Phi) is 6.61. The maximum atomic E-state index is 12.2. The second-order valence-electron chi connectivity index (χ2n) is 6.09. The highest BCUT2D eigenvalue weighted by Crippen LogP contribution is 2.19. The zero-order valence-electron chi connectivity index (χ0n) is 14.3. The van der Waals surface area contributed by atoms with E-state index in [0.717, 1.165) is 23.3 Å². The van der Waals surface area contributed by atoms with Crippen LogP contribution in [-0.4, -0.2) is 54.3 Å². The first-order valence-electron chi connectivity index (χ1n) is 8.29. The molecule has 0 saturated carbocycles. The number of hydrogen-bond acceptors (Lipinski definition) is 4. The molecule has 0 spiro atoms.